The molecule has 1 atom stereocenters. The van der Waals surface area contributed by atoms with Crippen LogP contribution in [0.15, 0.2) is 0 Å². The highest BCUT2D eigenvalue weighted by molar-refractivity contribution is 5.90. The summed E-state index contributed by atoms with van der Waals surface area (Å²) in [6, 6.07) is -0.326. The van der Waals surface area contributed by atoms with Crippen molar-refractivity contribution in [2.45, 2.75) is 65.3 Å². The van der Waals surface area contributed by atoms with Gasteiger partial charge in [-0.05, 0) is 25.7 Å². The molecule has 0 aromatic heterocycles. The van der Waals surface area contributed by atoms with Crippen molar-refractivity contribution >= 4 is 17.7 Å². The van der Waals surface area contributed by atoms with Gasteiger partial charge in [0.25, 0.3) is 0 Å². The summed E-state index contributed by atoms with van der Waals surface area (Å²) in [6.07, 6.45) is 4.73. The molecular weight excluding hydrogens is 294 g/mol. The van der Waals surface area contributed by atoms with E-state index in [0.29, 0.717) is 19.5 Å². The molecule has 132 valence electrons. The van der Waals surface area contributed by atoms with E-state index in [4.69, 9.17) is 0 Å². The molecule has 6 nitrogen and oxygen atoms in total. The molecule has 0 aliphatic carbocycles. The van der Waals surface area contributed by atoms with Crippen molar-refractivity contribution in [3.05, 3.63) is 0 Å². The third-order valence-corrected chi connectivity index (χ3v) is 4.12. The first-order valence-corrected chi connectivity index (χ1v) is 8.56. The minimum atomic E-state index is -0.456. The first-order valence-electron chi connectivity index (χ1n) is 8.56. The van der Waals surface area contributed by atoms with E-state index < -0.39 is 5.41 Å². The average molecular weight is 325 g/mol. The maximum atomic E-state index is 12.4. The Morgan fingerprint density at radius 2 is 1.83 bits per heavy atom. The van der Waals surface area contributed by atoms with E-state index >= 15 is 0 Å². The third-order valence-electron chi connectivity index (χ3n) is 4.12. The Balaban J connectivity index is 2.31. The second kappa shape index (κ2) is 8.89. The van der Waals surface area contributed by atoms with Crippen molar-refractivity contribution < 1.29 is 14.4 Å². The number of hydrogen-bond acceptors (Lipinski definition) is 3. The van der Waals surface area contributed by atoms with Gasteiger partial charge in [-0.25, -0.2) is 0 Å². The highest BCUT2D eigenvalue weighted by Crippen LogP contribution is 2.25. The van der Waals surface area contributed by atoms with Gasteiger partial charge in [0.05, 0.1) is 0 Å². The molecule has 1 fully saturated rings. The lowest BCUT2D eigenvalue weighted by molar-refractivity contribution is -0.144. The maximum absolute atomic E-state index is 12.4. The number of likely N-dealkylation sites (tertiary alicyclic amines) is 1. The lowest BCUT2D eigenvalue weighted by Gasteiger charge is -2.30. The number of nitrogens with zero attached hydrogens (tertiary/aromatic N) is 1. The molecule has 1 unspecified atom stereocenters. The van der Waals surface area contributed by atoms with Crippen LogP contribution in [-0.4, -0.2) is 48.8 Å². The Labute approximate surface area is 139 Å². The molecule has 0 spiro atoms. The van der Waals surface area contributed by atoms with Crippen LogP contribution < -0.4 is 10.6 Å². The van der Waals surface area contributed by atoms with Gasteiger partial charge in [0.2, 0.25) is 17.7 Å². The molecule has 23 heavy (non-hydrogen) atoms. The predicted molar refractivity (Wildman–Crippen MR) is 89.7 cm³/mol. The molecule has 1 aliphatic rings. The maximum Gasteiger partial charge on any atom is 0.242 e. The fourth-order valence-corrected chi connectivity index (χ4v) is 2.75. The fraction of sp³-hybridized carbons (Fsp3) is 0.824. The van der Waals surface area contributed by atoms with Crippen LogP contribution in [0.3, 0.4) is 0 Å². The van der Waals surface area contributed by atoms with Gasteiger partial charge in [-0.3, -0.25) is 14.4 Å². The molecule has 0 bridgehead atoms. The Bertz CT molecular complexity index is 429. The highest BCUT2D eigenvalue weighted by atomic mass is 16.2. The zero-order valence-corrected chi connectivity index (χ0v) is 14.9. The van der Waals surface area contributed by atoms with E-state index in [1.807, 2.05) is 20.8 Å². The molecule has 0 saturated carbocycles. The van der Waals surface area contributed by atoms with E-state index in [2.05, 4.69) is 10.6 Å². The fourth-order valence-electron chi connectivity index (χ4n) is 2.75. The van der Waals surface area contributed by atoms with Gasteiger partial charge in [0.15, 0.2) is 0 Å². The Morgan fingerprint density at radius 3 is 2.43 bits per heavy atom. The van der Waals surface area contributed by atoms with Gasteiger partial charge in [-0.2, -0.15) is 0 Å². The van der Waals surface area contributed by atoms with E-state index in [-0.39, 0.29) is 23.8 Å². The lowest BCUT2D eigenvalue weighted by atomic mass is 9.94. The van der Waals surface area contributed by atoms with E-state index in [1.165, 1.54) is 0 Å². The zero-order valence-electron chi connectivity index (χ0n) is 14.9. The van der Waals surface area contributed by atoms with Crippen LogP contribution in [0.5, 0.6) is 0 Å². The Morgan fingerprint density at radius 1 is 1.13 bits per heavy atom. The first-order chi connectivity index (χ1) is 10.8. The number of carbonyl (C=O) groups excluding carboxylic acids is 3. The van der Waals surface area contributed by atoms with Crippen molar-refractivity contribution in [2.24, 2.45) is 5.41 Å². The minimum Gasteiger partial charge on any atom is -0.359 e. The number of carbonyl (C=O) groups is 3. The monoisotopic (exact) mass is 325 g/mol. The smallest absolute Gasteiger partial charge is 0.242 e. The van der Waals surface area contributed by atoms with Crippen LogP contribution in [0, 0.1) is 5.41 Å². The molecule has 2 N–H and O–H groups in total. The van der Waals surface area contributed by atoms with Crippen LogP contribution in [0.4, 0.5) is 0 Å². The van der Waals surface area contributed by atoms with Gasteiger partial charge in [0.1, 0.15) is 6.04 Å². The second-order valence-corrected chi connectivity index (χ2v) is 7.18. The summed E-state index contributed by atoms with van der Waals surface area (Å²) in [5.74, 6) is 0.0449. The molecule has 1 rings (SSSR count). The molecule has 0 aromatic rings. The number of nitrogens with one attached hydrogen (secondary N) is 2. The average Bonchev–Trinajstić information content (AvgIpc) is 2.97. The molecule has 0 radical (unpaired) electrons. The summed E-state index contributed by atoms with van der Waals surface area (Å²) in [5, 5.41) is 5.52. The van der Waals surface area contributed by atoms with Crippen molar-refractivity contribution in [2.75, 3.05) is 20.1 Å². The molecule has 6 heteroatoms. The van der Waals surface area contributed by atoms with Gasteiger partial charge >= 0.3 is 0 Å². The summed E-state index contributed by atoms with van der Waals surface area (Å²) in [6.45, 7) is 6.92. The largest absolute Gasteiger partial charge is 0.359 e. The van der Waals surface area contributed by atoms with E-state index in [0.717, 1.165) is 32.1 Å². The summed E-state index contributed by atoms with van der Waals surface area (Å²) < 4.78 is 0. The summed E-state index contributed by atoms with van der Waals surface area (Å²) >= 11 is 0. The van der Waals surface area contributed by atoms with Crippen LogP contribution in [0.25, 0.3) is 0 Å². The standard InChI is InChI=1S/C17H31N3O3/c1-17(2,3)16(23)20-12-8-9-13(20)15(22)19-11-7-5-6-10-14(21)18-4/h13H,5-12H2,1-4H3,(H,18,21)(H,19,22). The lowest BCUT2D eigenvalue weighted by Crippen LogP contribution is -2.49. The van der Waals surface area contributed by atoms with Gasteiger partial charge in [-0.1, -0.05) is 27.2 Å². The normalized spacial score (nSPS) is 17.9. The number of amides is 3. The van der Waals surface area contributed by atoms with Crippen LogP contribution in [-0.2, 0) is 14.4 Å². The topological polar surface area (TPSA) is 78.5 Å². The number of rotatable bonds is 7. The Kier molecular flexibility index (Phi) is 7.52. The Hall–Kier alpha value is -1.59. The second-order valence-electron chi connectivity index (χ2n) is 7.18. The highest BCUT2D eigenvalue weighted by Gasteiger charge is 2.38. The summed E-state index contributed by atoms with van der Waals surface area (Å²) in [7, 11) is 1.63. The summed E-state index contributed by atoms with van der Waals surface area (Å²) in [5.41, 5.74) is -0.456. The molecule has 0 aromatic carbocycles. The molecule has 1 heterocycles. The molecular formula is C17H31N3O3. The predicted octanol–water partition coefficient (Wildman–Crippen LogP) is 1.45. The molecule has 1 aliphatic heterocycles. The first kappa shape index (κ1) is 19.5. The zero-order chi connectivity index (χ0) is 17.5. The minimum absolute atomic E-state index is 0.0423. The number of hydrogen-bond donors (Lipinski definition) is 2. The third kappa shape index (κ3) is 6.20. The van der Waals surface area contributed by atoms with E-state index in [1.54, 1.807) is 11.9 Å². The van der Waals surface area contributed by atoms with Gasteiger partial charge in [0, 0.05) is 32.0 Å². The van der Waals surface area contributed by atoms with E-state index in [9.17, 15) is 14.4 Å². The number of unbranched alkanes of at least 4 members (excludes halogenated alkanes) is 2. The SMILES string of the molecule is CNC(=O)CCCCCNC(=O)C1CCCN1C(=O)C(C)(C)C. The van der Waals surface area contributed by atoms with Gasteiger partial charge < -0.3 is 15.5 Å². The van der Waals surface area contributed by atoms with Crippen molar-refractivity contribution in [1.82, 2.24) is 15.5 Å². The van der Waals surface area contributed by atoms with Crippen LogP contribution >= 0.6 is 0 Å². The molecule has 3 amide bonds. The van der Waals surface area contributed by atoms with Crippen LogP contribution in [0.2, 0.25) is 0 Å². The summed E-state index contributed by atoms with van der Waals surface area (Å²) in [4.78, 5) is 37.5. The molecule has 1 saturated heterocycles. The van der Waals surface area contributed by atoms with Crippen LogP contribution in [0.1, 0.15) is 59.3 Å². The van der Waals surface area contributed by atoms with Crippen molar-refractivity contribution in [3.8, 4) is 0 Å². The van der Waals surface area contributed by atoms with Crippen molar-refractivity contribution in [3.63, 3.8) is 0 Å². The quantitative estimate of drug-likeness (QED) is 0.695. The van der Waals surface area contributed by atoms with Gasteiger partial charge in [-0.15, -0.1) is 0 Å². The van der Waals surface area contributed by atoms with Crippen molar-refractivity contribution in [1.29, 1.82) is 0 Å².